The molecule has 0 aromatic heterocycles. The number of hydrogen-bond acceptors (Lipinski definition) is 4. The Kier molecular flexibility index (Phi) is 5.97. The first-order valence-electron chi connectivity index (χ1n) is 6.06. The number of nitrogen functional groups attached to an aromatic ring is 1. The van der Waals surface area contributed by atoms with Crippen molar-refractivity contribution in [3.63, 3.8) is 0 Å². The van der Waals surface area contributed by atoms with Crippen molar-refractivity contribution in [3.05, 3.63) is 22.7 Å². The molecule has 6 nitrogen and oxygen atoms in total. The number of amides is 1. The lowest BCUT2D eigenvalue weighted by Crippen LogP contribution is -2.34. The van der Waals surface area contributed by atoms with Crippen LogP contribution in [0.5, 0.6) is 0 Å². The molecule has 4 N–H and O–H groups in total. The number of carbonyl (C=O) groups excluding carboxylic acids is 1. The average Bonchev–Trinajstić information content (AvgIpc) is 2.30. The van der Waals surface area contributed by atoms with Gasteiger partial charge in [-0.3, -0.25) is 4.79 Å². The van der Waals surface area contributed by atoms with Gasteiger partial charge in [0.1, 0.15) is 0 Å². The fourth-order valence-electron chi connectivity index (χ4n) is 1.50. The van der Waals surface area contributed by atoms with Crippen LogP contribution in [0.3, 0.4) is 0 Å². The van der Waals surface area contributed by atoms with Gasteiger partial charge in [0.15, 0.2) is 0 Å². The molecule has 0 radical (unpaired) electrons. The number of benzene rings is 1. The van der Waals surface area contributed by atoms with E-state index in [0.29, 0.717) is 10.2 Å². The summed E-state index contributed by atoms with van der Waals surface area (Å²) in [6.07, 6.45) is 0.0807. The first-order chi connectivity index (χ1) is 9.22. The molecule has 1 rings (SSSR count). The van der Waals surface area contributed by atoms with E-state index < -0.39 is 10.0 Å². The highest BCUT2D eigenvalue weighted by molar-refractivity contribution is 9.10. The van der Waals surface area contributed by atoms with Crippen LogP contribution < -0.4 is 15.8 Å². The van der Waals surface area contributed by atoms with Gasteiger partial charge in [0.2, 0.25) is 15.9 Å². The van der Waals surface area contributed by atoms with E-state index in [1.165, 1.54) is 6.07 Å². The van der Waals surface area contributed by atoms with Crippen LogP contribution in [0.25, 0.3) is 0 Å². The van der Waals surface area contributed by atoms with Gasteiger partial charge in [0, 0.05) is 29.2 Å². The molecule has 0 aliphatic rings. The molecule has 0 aliphatic carbocycles. The molecular weight excluding hydrogens is 346 g/mol. The maximum absolute atomic E-state index is 12.1. The maximum Gasteiger partial charge on any atom is 0.241 e. The Balaban J connectivity index is 2.67. The molecule has 8 heteroatoms. The van der Waals surface area contributed by atoms with Crippen molar-refractivity contribution in [3.8, 4) is 0 Å². The minimum absolute atomic E-state index is 0.0298. The van der Waals surface area contributed by atoms with Crippen molar-refractivity contribution in [1.29, 1.82) is 0 Å². The fourth-order valence-corrected chi connectivity index (χ4v) is 3.52. The zero-order valence-electron chi connectivity index (χ0n) is 11.3. The number of hydrogen-bond donors (Lipinski definition) is 3. The van der Waals surface area contributed by atoms with Crippen LogP contribution in [-0.2, 0) is 14.8 Å². The van der Waals surface area contributed by atoms with E-state index in [0.717, 1.165) is 0 Å². The van der Waals surface area contributed by atoms with Crippen LogP contribution in [0.1, 0.15) is 20.3 Å². The van der Waals surface area contributed by atoms with Gasteiger partial charge in [-0.1, -0.05) is 0 Å². The van der Waals surface area contributed by atoms with Gasteiger partial charge in [0.05, 0.1) is 4.90 Å². The Morgan fingerprint density at radius 1 is 1.40 bits per heavy atom. The molecule has 0 fully saturated rings. The van der Waals surface area contributed by atoms with Gasteiger partial charge in [0.25, 0.3) is 0 Å². The SMILES string of the molecule is CC(C)NC(=O)CCNS(=O)(=O)c1cc(N)ccc1Br. The van der Waals surface area contributed by atoms with Gasteiger partial charge < -0.3 is 11.1 Å². The number of nitrogens with two attached hydrogens (primary N) is 1. The summed E-state index contributed by atoms with van der Waals surface area (Å²) in [5.74, 6) is -0.200. The summed E-state index contributed by atoms with van der Waals surface area (Å²) in [6.45, 7) is 3.71. The largest absolute Gasteiger partial charge is 0.399 e. The minimum atomic E-state index is -3.69. The summed E-state index contributed by atoms with van der Waals surface area (Å²) in [6, 6.07) is 4.55. The number of rotatable bonds is 6. The normalized spacial score (nSPS) is 11.6. The monoisotopic (exact) mass is 363 g/mol. The second-order valence-corrected chi connectivity index (χ2v) is 7.15. The van der Waals surface area contributed by atoms with Gasteiger partial charge >= 0.3 is 0 Å². The van der Waals surface area contributed by atoms with Crippen LogP contribution in [0, 0.1) is 0 Å². The third-order valence-electron chi connectivity index (χ3n) is 2.34. The minimum Gasteiger partial charge on any atom is -0.399 e. The molecule has 0 unspecified atom stereocenters. The number of carbonyl (C=O) groups is 1. The van der Waals surface area contributed by atoms with E-state index in [9.17, 15) is 13.2 Å². The molecule has 0 spiro atoms. The molecule has 1 aromatic carbocycles. The second-order valence-electron chi connectivity index (χ2n) is 4.56. The molecule has 112 valence electrons. The molecule has 0 saturated carbocycles. The lowest BCUT2D eigenvalue weighted by atomic mass is 10.3. The summed E-state index contributed by atoms with van der Waals surface area (Å²) in [7, 11) is -3.69. The Morgan fingerprint density at radius 3 is 2.65 bits per heavy atom. The Bertz CT molecular complexity index is 588. The predicted molar refractivity (Wildman–Crippen MR) is 81.6 cm³/mol. The highest BCUT2D eigenvalue weighted by Crippen LogP contribution is 2.23. The Labute approximate surface area is 127 Å². The molecule has 1 aromatic rings. The van der Waals surface area contributed by atoms with E-state index in [1.54, 1.807) is 12.1 Å². The third kappa shape index (κ3) is 5.10. The molecule has 0 heterocycles. The van der Waals surface area contributed by atoms with E-state index in [2.05, 4.69) is 26.0 Å². The third-order valence-corrected chi connectivity index (χ3v) is 4.79. The quantitative estimate of drug-likeness (QED) is 0.661. The van der Waals surface area contributed by atoms with E-state index in [1.807, 2.05) is 13.8 Å². The number of nitrogens with one attached hydrogen (secondary N) is 2. The molecule has 20 heavy (non-hydrogen) atoms. The maximum atomic E-state index is 12.1. The van der Waals surface area contributed by atoms with Crippen molar-refractivity contribution < 1.29 is 13.2 Å². The zero-order chi connectivity index (χ0) is 15.3. The van der Waals surface area contributed by atoms with Gasteiger partial charge in [-0.25, -0.2) is 13.1 Å². The first-order valence-corrected chi connectivity index (χ1v) is 8.34. The molecule has 0 atom stereocenters. The van der Waals surface area contributed by atoms with Crippen LogP contribution in [0.2, 0.25) is 0 Å². The van der Waals surface area contributed by atoms with Gasteiger partial charge in [-0.05, 0) is 48.0 Å². The van der Waals surface area contributed by atoms with Crippen molar-refractivity contribution >= 4 is 37.5 Å². The Hall–Kier alpha value is -1.12. The summed E-state index contributed by atoms with van der Waals surface area (Å²) in [5, 5.41) is 2.69. The standard InChI is InChI=1S/C12H18BrN3O3S/c1-8(2)16-12(17)5-6-15-20(18,19)11-7-9(14)3-4-10(11)13/h3-4,7-8,15H,5-6,14H2,1-2H3,(H,16,17). The van der Waals surface area contributed by atoms with Gasteiger partial charge in [-0.15, -0.1) is 0 Å². The van der Waals surface area contributed by atoms with E-state index >= 15 is 0 Å². The smallest absolute Gasteiger partial charge is 0.241 e. The van der Waals surface area contributed by atoms with Crippen molar-refractivity contribution in [2.75, 3.05) is 12.3 Å². The van der Waals surface area contributed by atoms with Crippen molar-refractivity contribution in [1.82, 2.24) is 10.0 Å². The van der Waals surface area contributed by atoms with Gasteiger partial charge in [-0.2, -0.15) is 0 Å². The summed E-state index contributed by atoms with van der Waals surface area (Å²) < 4.78 is 27.0. The molecule has 0 aliphatic heterocycles. The van der Waals surface area contributed by atoms with Crippen molar-refractivity contribution in [2.45, 2.75) is 31.2 Å². The second kappa shape index (κ2) is 7.05. The summed E-state index contributed by atoms with van der Waals surface area (Å²) in [4.78, 5) is 11.5. The lowest BCUT2D eigenvalue weighted by Gasteiger charge is -2.10. The summed E-state index contributed by atoms with van der Waals surface area (Å²) >= 11 is 3.17. The van der Waals surface area contributed by atoms with Crippen LogP contribution in [0.15, 0.2) is 27.6 Å². The highest BCUT2D eigenvalue weighted by Gasteiger charge is 2.18. The average molecular weight is 364 g/mol. The number of anilines is 1. The molecular formula is C12H18BrN3O3S. The Morgan fingerprint density at radius 2 is 2.05 bits per heavy atom. The summed E-state index contributed by atoms with van der Waals surface area (Å²) in [5.41, 5.74) is 5.93. The molecule has 0 saturated heterocycles. The number of sulfonamides is 1. The van der Waals surface area contributed by atoms with E-state index in [4.69, 9.17) is 5.73 Å². The van der Waals surface area contributed by atoms with Crippen LogP contribution in [0.4, 0.5) is 5.69 Å². The zero-order valence-corrected chi connectivity index (χ0v) is 13.7. The topological polar surface area (TPSA) is 101 Å². The molecule has 0 bridgehead atoms. The predicted octanol–water partition coefficient (Wildman–Crippen LogP) is 1.22. The van der Waals surface area contributed by atoms with E-state index in [-0.39, 0.29) is 29.8 Å². The fraction of sp³-hybridized carbons (Fsp3) is 0.417. The number of halogens is 1. The highest BCUT2D eigenvalue weighted by atomic mass is 79.9. The molecule has 1 amide bonds. The van der Waals surface area contributed by atoms with Crippen LogP contribution >= 0.6 is 15.9 Å². The van der Waals surface area contributed by atoms with Crippen molar-refractivity contribution in [2.24, 2.45) is 0 Å². The van der Waals surface area contributed by atoms with Crippen LogP contribution in [-0.4, -0.2) is 26.9 Å². The lowest BCUT2D eigenvalue weighted by molar-refractivity contribution is -0.121. The first kappa shape index (κ1) is 16.9.